The summed E-state index contributed by atoms with van der Waals surface area (Å²) in [7, 11) is 0. The largest absolute Gasteiger partial charge is 0.378 e. The van der Waals surface area contributed by atoms with E-state index < -0.39 is 0 Å². The molecular formula is C16H22ClN3O2S. The lowest BCUT2D eigenvalue weighted by Crippen LogP contribution is -2.38. The van der Waals surface area contributed by atoms with Crippen LogP contribution in [0.1, 0.15) is 20.3 Å². The Hall–Kier alpha value is -1.37. The molecule has 1 aliphatic heterocycles. The molecule has 1 aliphatic rings. The van der Waals surface area contributed by atoms with Gasteiger partial charge in [0.05, 0.1) is 29.6 Å². The molecule has 1 aromatic carbocycles. The van der Waals surface area contributed by atoms with Crippen LogP contribution in [0, 0.1) is 5.92 Å². The molecule has 23 heavy (non-hydrogen) atoms. The first-order valence-electron chi connectivity index (χ1n) is 7.69. The summed E-state index contributed by atoms with van der Waals surface area (Å²) in [6.45, 7) is 6.85. The number of nitrogens with zero attached hydrogens (tertiary/aromatic N) is 1. The van der Waals surface area contributed by atoms with Gasteiger partial charge in [-0.2, -0.15) is 0 Å². The number of para-hydroxylation sites is 1. The predicted octanol–water partition coefficient (Wildman–Crippen LogP) is 3.04. The predicted molar refractivity (Wildman–Crippen MR) is 98.3 cm³/mol. The van der Waals surface area contributed by atoms with Crippen molar-refractivity contribution in [3.8, 4) is 0 Å². The topological polar surface area (TPSA) is 53.6 Å². The second-order valence-corrected chi connectivity index (χ2v) is 6.65. The smallest absolute Gasteiger partial charge is 0.226 e. The summed E-state index contributed by atoms with van der Waals surface area (Å²) in [5.41, 5.74) is 1.67. The van der Waals surface area contributed by atoms with E-state index in [1.165, 1.54) is 0 Å². The minimum Gasteiger partial charge on any atom is -0.378 e. The van der Waals surface area contributed by atoms with Crippen LogP contribution in [0.4, 0.5) is 11.4 Å². The lowest BCUT2D eigenvalue weighted by molar-refractivity contribution is -0.120. The van der Waals surface area contributed by atoms with Gasteiger partial charge in [-0.3, -0.25) is 4.79 Å². The van der Waals surface area contributed by atoms with Gasteiger partial charge in [-0.1, -0.05) is 31.5 Å². The lowest BCUT2D eigenvalue weighted by Gasteiger charge is -2.31. The molecule has 0 radical (unpaired) electrons. The Kier molecular flexibility index (Phi) is 6.62. The molecule has 1 fully saturated rings. The minimum absolute atomic E-state index is 0.0903. The maximum atomic E-state index is 11.8. The van der Waals surface area contributed by atoms with Crippen molar-refractivity contribution in [1.29, 1.82) is 0 Å². The number of benzene rings is 1. The van der Waals surface area contributed by atoms with Crippen molar-refractivity contribution in [3.05, 3.63) is 23.2 Å². The van der Waals surface area contributed by atoms with Gasteiger partial charge < -0.3 is 20.3 Å². The third kappa shape index (κ3) is 5.34. The van der Waals surface area contributed by atoms with Gasteiger partial charge in [-0.05, 0) is 30.3 Å². The molecule has 2 N–H and O–H groups in total. The van der Waals surface area contributed by atoms with Crippen LogP contribution < -0.4 is 15.5 Å². The molecule has 0 aromatic heterocycles. The molecular weight excluding hydrogens is 334 g/mol. The Morgan fingerprint density at radius 1 is 1.39 bits per heavy atom. The van der Waals surface area contributed by atoms with Gasteiger partial charge in [0.2, 0.25) is 5.91 Å². The molecule has 0 atom stereocenters. The van der Waals surface area contributed by atoms with E-state index in [1.807, 2.05) is 32.0 Å². The Bertz CT molecular complexity index is 574. The molecule has 126 valence electrons. The average Bonchev–Trinajstić information content (AvgIpc) is 2.47. The maximum absolute atomic E-state index is 11.8. The van der Waals surface area contributed by atoms with Crippen molar-refractivity contribution in [2.24, 2.45) is 5.92 Å². The fraction of sp³-hybridized carbons (Fsp3) is 0.500. The van der Waals surface area contributed by atoms with E-state index in [9.17, 15) is 4.79 Å². The van der Waals surface area contributed by atoms with Crippen molar-refractivity contribution < 1.29 is 9.53 Å². The Labute approximate surface area is 147 Å². The number of rotatable bonds is 4. The molecule has 1 aromatic rings. The Balaban J connectivity index is 2.08. The van der Waals surface area contributed by atoms with Crippen LogP contribution in [0.2, 0.25) is 5.02 Å². The maximum Gasteiger partial charge on any atom is 0.226 e. The van der Waals surface area contributed by atoms with E-state index in [4.69, 9.17) is 28.6 Å². The summed E-state index contributed by atoms with van der Waals surface area (Å²) in [6.07, 6.45) is 0.438. The third-order valence-electron chi connectivity index (χ3n) is 3.41. The van der Waals surface area contributed by atoms with Crippen LogP contribution in [0.3, 0.4) is 0 Å². The second-order valence-electron chi connectivity index (χ2n) is 5.84. The average molecular weight is 356 g/mol. The van der Waals surface area contributed by atoms with Crippen molar-refractivity contribution >= 4 is 46.2 Å². The molecule has 0 unspecified atom stereocenters. The summed E-state index contributed by atoms with van der Waals surface area (Å²) >= 11 is 11.6. The summed E-state index contributed by atoms with van der Waals surface area (Å²) in [4.78, 5) is 14.0. The standard InChI is InChI=1S/C16H22ClN3O2S/c1-11(2)10-14(21)19-16(23)18-13-5-3-4-12(17)15(13)20-6-8-22-9-7-20/h3-5,11H,6-10H2,1-2H3,(H2,18,19,21,23). The molecule has 0 aliphatic carbocycles. The summed E-state index contributed by atoms with van der Waals surface area (Å²) in [5.74, 6) is 0.195. The summed E-state index contributed by atoms with van der Waals surface area (Å²) in [6, 6.07) is 5.60. The minimum atomic E-state index is -0.0903. The molecule has 0 bridgehead atoms. The second kappa shape index (κ2) is 8.47. The van der Waals surface area contributed by atoms with Crippen LogP contribution in [0.25, 0.3) is 0 Å². The molecule has 0 spiro atoms. The zero-order chi connectivity index (χ0) is 16.8. The third-order valence-corrected chi connectivity index (χ3v) is 3.92. The number of amides is 1. The molecule has 1 heterocycles. The highest BCUT2D eigenvalue weighted by Gasteiger charge is 2.18. The first-order chi connectivity index (χ1) is 11.0. The van der Waals surface area contributed by atoms with Crippen molar-refractivity contribution in [2.75, 3.05) is 36.5 Å². The van der Waals surface area contributed by atoms with Gasteiger partial charge in [-0.25, -0.2) is 0 Å². The van der Waals surface area contributed by atoms with Crippen LogP contribution in [-0.2, 0) is 9.53 Å². The fourth-order valence-electron chi connectivity index (χ4n) is 2.43. The number of nitrogens with one attached hydrogen (secondary N) is 2. The zero-order valence-corrected chi connectivity index (χ0v) is 15.0. The van der Waals surface area contributed by atoms with Crippen LogP contribution in [-0.4, -0.2) is 37.3 Å². The number of thiocarbonyl (C=S) groups is 1. The molecule has 1 amide bonds. The summed E-state index contributed by atoms with van der Waals surface area (Å²) < 4.78 is 5.38. The number of halogens is 1. The van der Waals surface area contributed by atoms with Crippen LogP contribution in [0.5, 0.6) is 0 Å². The lowest BCUT2D eigenvalue weighted by atomic mass is 10.1. The first-order valence-corrected chi connectivity index (χ1v) is 8.48. The van der Waals surface area contributed by atoms with Crippen LogP contribution in [0.15, 0.2) is 18.2 Å². The number of morpholine rings is 1. The normalized spacial score (nSPS) is 14.7. The van der Waals surface area contributed by atoms with Crippen molar-refractivity contribution in [3.63, 3.8) is 0 Å². The highest BCUT2D eigenvalue weighted by Crippen LogP contribution is 2.34. The molecule has 7 heteroatoms. The monoisotopic (exact) mass is 355 g/mol. The Morgan fingerprint density at radius 3 is 2.74 bits per heavy atom. The van der Waals surface area contributed by atoms with E-state index >= 15 is 0 Å². The molecule has 2 rings (SSSR count). The highest BCUT2D eigenvalue weighted by molar-refractivity contribution is 7.80. The zero-order valence-electron chi connectivity index (χ0n) is 13.4. The number of carbonyl (C=O) groups is 1. The fourth-order valence-corrected chi connectivity index (χ4v) is 2.94. The number of anilines is 2. The van der Waals surface area contributed by atoms with Crippen LogP contribution >= 0.6 is 23.8 Å². The van der Waals surface area contributed by atoms with Crippen molar-refractivity contribution in [2.45, 2.75) is 20.3 Å². The number of ether oxygens (including phenoxy) is 1. The Morgan fingerprint density at radius 2 is 2.09 bits per heavy atom. The van der Waals surface area contributed by atoms with E-state index in [0.29, 0.717) is 24.7 Å². The van der Waals surface area contributed by atoms with Gasteiger partial charge in [0, 0.05) is 19.5 Å². The van der Waals surface area contributed by atoms with Gasteiger partial charge >= 0.3 is 0 Å². The highest BCUT2D eigenvalue weighted by atomic mass is 35.5. The molecule has 0 saturated carbocycles. The number of carbonyl (C=O) groups excluding carboxylic acids is 1. The summed E-state index contributed by atoms with van der Waals surface area (Å²) in [5, 5.41) is 6.72. The molecule has 5 nitrogen and oxygen atoms in total. The van der Waals surface area contributed by atoms with E-state index in [2.05, 4.69) is 15.5 Å². The van der Waals surface area contributed by atoms with Gasteiger partial charge in [0.15, 0.2) is 5.11 Å². The van der Waals surface area contributed by atoms with Crippen molar-refractivity contribution in [1.82, 2.24) is 5.32 Å². The van der Waals surface area contributed by atoms with E-state index in [-0.39, 0.29) is 16.9 Å². The SMILES string of the molecule is CC(C)CC(=O)NC(=S)Nc1cccc(Cl)c1N1CCOCC1. The van der Waals surface area contributed by atoms with Gasteiger partial charge in [0.1, 0.15) is 0 Å². The molecule has 1 saturated heterocycles. The number of hydrogen-bond donors (Lipinski definition) is 2. The van der Waals surface area contributed by atoms with Gasteiger partial charge in [0.25, 0.3) is 0 Å². The van der Waals surface area contributed by atoms with E-state index in [1.54, 1.807) is 0 Å². The quantitative estimate of drug-likeness (QED) is 0.813. The van der Waals surface area contributed by atoms with Gasteiger partial charge in [-0.15, -0.1) is 0 Å². The number of hydrogen-bond acceptors (Lipinski definition) is 4. The van der Waals surface area contributed by atoms with E-state index in [0.717, 1.165) is 24.5 Å². The first kappa shape index (κ1) is 18.0.